The SMILES string of the molecule is Cc1cccn2c(N=Nc3ccccc3O)c(-c3ccccc3)nc12. The highest BCUT2D eigenvalue weighted by molar-refractivity contribution is 5.75. The average Bonchev–Trinajstić information content (AvgIpc) is 3.02. The second-order valence-electron chi connectivity index (χ2n) is 5.72. The summed E-state index contributed by atoms with van der Waals surface area (Å²) < 4.78 is 1.92. The third kappa shape index (κ3) is 2.76. The van der Waals surface area contributed by atoms with E-state index >= 15 is 0 Å². The van der Waals surface area contributed by atoms with Gasteiger partial charge in [0.2, 0.25) is 0 Å². The van der Waals surface area contributed by atoms with Gasteiger partial charge >= 0.3 is 0 Å². The molecule has 2 heterocycles. The summed E-state index contributed by atoms with van der Waals surface area (Å²) in [6, 6.07) is 20.7. The largest absolute Gasteiger partial charge is 0.506 e. The Labute approximate surface area is 144 Å². The molecule has 2 aromatic carbocycles. The fraction of sp³-hybridized carbons (Fsp3) is 0.0500. The topological polar surface area (TPSA) is 62.2 Å². The highest BCUT2D eigenvalue weighted by atomic mass is 16.3. The molecule has 0 unspecified atom stereocenters. The number of phenols is 1. The number of pyridine rings is 1. The standard InChI is InChI=1S/C20H16N4O/c1-14-8-7-13-24-19(14)21-18(15-9-3-2-4-10-15)20(24)23-22-16-11-5-6-12-17(16)25/h2-13,25H,1H3. The van der Waals surface area contributed by atoms with Crippen LogP contribution in [0.25, 0.3) is 16.9 Å². The summed E-state index contributed by atoms with van der Waals surface area (Å²) in [6.45, 7) is 2.01. The number of benzene rings is 2. The number of nitrogens with zero attached hydrogens (tertiary/aromatic N) is 4. The number of hydrogen-bond donors (Lipinski definition) is 1. The first kappa shape index (κ1) is 15.1. The molecule has 2 aromatic heterocycles. The summed E-state index contributed by atoms with van der Waals surface area (Å²) in [6.07, 6.45) is 1.92. The average molecular weight is 328 g/mol. The summed E-state index contributed by atoms with van der Waals surface area (Å²) in [7, 11) is 0. The molecular weight excluding hydrogens is 312 g/mol. The van der Waals surface area contributed by atoms with Gasteiger partial charge in [0.25, 0.3) is 0 Å². The fourth-order valence-electron chi connectivity index (χ4n) is 2.73. The van der Waals surface area contributed by atoms with Crippen molar-refractivity contribution in [1.29, 1.82) is 0 Å². The van der Waals surface area contributed by atoms with Gasteiger partial charge < -0.3 is 5.11 Å². The lowest BCUT2D eigenvalue weighted by Gasteiger charge is -2.00. The van der Waals surface area contributed by atoms with Crippen molar-refractivity contribution in [2.45, 2.75) is 6.92 Å². The molecule has 0 spiro atoms. The number of phenolic OH excluding ortho intramolecular Hbond substituents is 1. The minimum Gasteiger partial charge on any atom is -0.506 e. The molecule has 0 aliphatic carbocycles. The van der Waals surface area contributed by atoms with Crippen molar-refractivity contribution in [3.63, 3.8) is 0 Å². The number of para-hydroxylation sites is 1. The number of aryl methyl sites for hydroxylation is 1. The smallest absolute Gasteiger partial charge is 0.187 e. The molecule has 0 atom stereocenters. The third-order valence-electron chi connectivity index (χ3n) is 4.00. The summed E-state index contributed by atoms with van der Waals surface area (Å²) in [5, 5.41) is 18.5. The zero-order valence-electron chi connectivity index (χ0n) is 13.7. The molecule has 0 aliphatic heterocycles. The van der Waals surface area contributed by atoms with Crippen LogP contribution in [-0.4, -0.2) is 14.5 Å². The first-order valence-electron chi connectivity index (χ1n) is 7.97. The number of aromatic nitrogens is 2. The maximum atomic E-state index is 9.91. The van der Waals surface area contributed by atoms with E-state index in [1.54, 1.807) is 18.2 Å². The van der Waals surface area contributed by atoms with E-state index in [-0.39, 0.29) is 5.75 Å². The molecule has 0 saturated carbocycles. The summed E-state index contributed by atoms with van der Waals surface area (Å²) >= 11 is 0. The molecule has 0 aliphatic rings. The van der Waals surface area contributed by atoms with Crippen LogP contribution in [0.15, 0.2) is 83.2 Å². The number of imidazole rings is 1. The number of rotatable bonds is 3. The lowest BCUT2D eigenvalue weighted by atomic mass is 10.1. The van der Waals surface area contributed by atoms with Gasteiger partial charge in [0, 0.05) is 11.8 Å². The van der Waals surface area contributed by atoms with Crippen molar-refractivity contribution in [3.05, 3.63) is 78.5 Å². The van der Waals surface area contributed by atoms with E-state index in [0.717, 1.165) is 22.5 Å². The van der Waals surface area contributed by atoms with E-state index in [4.69, 9.17) is 4.98 Å². The monoisotopic (exact) mass is 328 g/mol. The van der Waals surface area contributed by atoms with Crippen molar-refractivity contribution >= 4 is 17.2 Å². The van der Waals surface area contributed by atoms with Crippen LogP contribution >= 0.6 is 0 Å². The maximum Gasteiger partial charge on any atom is 0.187 e. The molecule has 25 heavy (non-hydrogen) atoms. The predicted molar refractivity (Wildman–Crippen MR) is 97.6 cm³/mol. The number of azo groups is 1. The van der Waals surface area contributed by atoms with Gasteiger partial charge in [0.05, 0.1) is 0 Å². The van der Waals surface area contributed by atoms with Gasteiger partial charge in [-0.2, -0.15) is 0 Å². The first-order valence-corrected chi connectivity index (χ1v) is 7.97. The summed E-state index contributed by atoms with van der Waals surface area (Å²) in [4.78, 5) is 4.76. The first-order chi connectivity index (χ1) is 12.2. The van der Waals surface area contributed by atoms with E-state index in [1.807, 2.05) is 66.1 Å². The second-order valence-corrected chi connectivity index (χ2v) is 5.72. The highest BCUT2D eigenvalue weighted by Gasteiger charge is 2.15. The third-order valence-corrected chi connectivity index (χ3v) is 4.00. The van der Waals surface area contributed by atoms with Gasteiger partial charge in [-0.3, -0.25) is 4.40 Å². The zero-order chi connectivity index (χ0) is 17.2. The normalized spacial score (nSPS) is 11.4. The van der Waals surface area contributed by atoms with Crippen LogP contribution in [0.2, 0.25) is 0 Å². The Morgan fingerprint density at radius 2 is 1.64 bits per heavy atom. The van der Waals surface area contributed by atoms with Crippen molar-refractivity contribution in [3.8, 4) is 17.0 Å². The van der Waals surface area contributed by atoms with Crippen LogP contribution in [-0.2, 0) is 0 Å². The van der Waals surface area contributed by atoms with Gasteiger partial charge in [-0.05, 0) is 30.7 Å². The quantitative estimate of drug-likeness (QED) is 0.510. The predicted octanol–water partition coefficient (Wildman–Crippen LogP) is 5.43. The van der Waals surface area contributed by atoms with E-state index in [9.17, 15) is 5.11 Å². The van der Waals surface area contributed by atoms with Gasteiger partial charge in [-0.1, -0.05) is 48.5 Å². The second kappa shape index (κ2) is 6.20. The Balaban J connectivity index is 1.92. The Hall–Kier alpha value is -3.47. The summed E-state index contributed by atoms with van der Waals surface area (Å²) in [5.74, 6) is 0.727. The molecule has 0 fully saturated rings. The number of aromatic hydroxyl groups is 1. The van der Waals surface area contributed by atoms with Crippen molar-refractivity contribution in [2.75, 3.05) is 0 Å². The van der Waals surface area contributed by atoms with Gasteiger partial charge in [0.1, 0.15) is 22.8 Å². The van der Waals surface area contributed by atoms with Crippen LogP contribution in [0.1, 0.15) is 5.56 Å². The minimum absolute atomic E-state index is 0.0949. The Bertz CT molecular complexity index is 1070. The molecular formula is C20H16N4O. The minimum atomic E-state index is 0.0949. The van der Waals surface area contributed by atoms with E-state index in [1.165, 1.54) is 0 Å². The van der Waals surface area contributed by atoms with Gasteiger partial charge in [-0.25, -0.2) is 4.98 Å². The Morgan fingerprint density at radius 1 is 0.880 bits per heavy atom. The molecule has 5 heteroatoms. The maximum absolute atomic E-state index is 9.91. The highest BCUT2D eigenvalue weighted by Crippen LogP contribution is 2.34. The Morgan fingerprint density at radius 3 is 2.44 bits per heavy atom. The molecule has 122 valence electrons. The Kier molecular flexibility index (Phi) is 3.74. The lowest BCUT2D eigenvalue weighted by Crippen LogP contribution is -1.85. The van der Waals surface area contributed by atoms with Crippen LogP contribution < -0.4 is 0 Å². The van der Waals surface area contributed by atoms with E-state index in [0.29, 0.717) is 11.5 Å². The molecule has 0 amide bonds. The van der Waals surface area contributed by atoms with Crippen LogP contribution in [0.3, 0.4) is 0 Å². The van der Waals surface area contributed by atoms with E-state index in [2.05, 4.69) is 10.2 Å². The lowest BCUT2D eigenvalue weighted by molar-refractivity contribution is 0.476. The zero-order valence-corrected chi connectivity index (χ0v) is 13.7. The fourth-order valence-corrected chi connectivity index (χ4v) is 2.73. The van der Waals surface area contributed by atoms with Crippen molar-refractivity contribution < 1.29 is 5.11 Å². The van der Waals surface area contributed by atoms with E-state index < -0.39 is 0 Å². The number of hydrogen-bond acceptors (Lipinski definition) is 4. The van der Waals surface area contributed by atoms with Crippen LogP contribution in [0.4, 0.5) is 11.5 Å². The molecule has 0 saturated heterocycles. The van der Waals surface area contributed by atoms with Crippen LogP contribution in [0, 0.1) is 6.92 Å². The van der Waals surface area contributed by atoms with Gasteiger partial charge in [-0.15, -0.1) is 10.2 Å². The van der Waals surface area contributed by atoms with Crippen LogP contribution in [0.5, 0.6) is 5.75 Å². The molecule has 4 rings (SSSR count). The molecule has 1 N–H and O–H groups in total. The number of fused-ring (bicyclic) bond motifs is 1. The summed E-state index contributed by atoms with van der Waals surface area (Å²) in [5.41, 5.74) is 4.05. The van der Waals surface area contributed by atoms with Crippen molar-refractivity contribution in [2.24, 2.45) is 10.2 Å². The molecule has 0 radical (unpaired) electrons. The molecule has 5 nitrogen and oxygen atoms in total. The molecule has 0 bridgehead atoms. The molecule has 4 aromatic rings. The van der Waals surface area contributed by atoms with Gasteiger partial charge in [0.15, 0.2) is 5.82 Å². The van der Waals surface area contributed by atoms with Crippen molar-refractivity contribution in [1.82, 2.24) is 9.38 Å².